The number of nitrogens with zero attached hydrogens (tertiary/aromatic N) is 1. The third kappa shape index (κ3) is 3.87. The van der Waals surface area contributed by atoms with Crippen molar-refractivity contribution in [2.24, 2.45) is 5.84 Å². The number of nitrogens with two attached hydrogens (primary N) is 1. The minimum absolute atomic E-state index is 0.227. The Kier molecular flexibility index (Phi) is 4.65. The lowest BCUT2D eigenvalue weighted by Crippen LogP contribution is -2.31. The summed E-state index contributed by atoms with van der Waals surface area (Å²) in [7, 11) is 0. The smallest absolute Gasteiger partial charge is 0.300 e. The van der Waals surface area contributed by atoms with Crippen LogP contribution >= 0.6 is 0 Å². The standard InChI is InChI=1S/C10H16N4O3/c1-7-6-14(10(17)12-9(7)16)5-3-2-4-8(15)13-11/h6H,2-5,11H2,1H3,(H,13,15)(H,12,16,17). The van der Waals surface area contributed by atoms with Crippen molar-refractivity contribution in [3.05, 3.63) is 32.6 Å². The number of carbonyl (C=O) groups is 1. The summed E-state index contributed by atoms with van der Waals surface area (Å²) in [6, 6.07) is 0. The third-order valence-electron chi connectivity index (χ3n) is 2.40. The van der Waals surface area contributed by atoms with Crippen molar-refractivity contribution in [3.63, 3.8) is 0 Å². The SMILES string of the molecule is Cc1cn(CCCCC(=O)NN)c(=O)[nH]c1=O. The first-order chi connectivity index (χ1) is 8.04. The Bertz CT molecular complexity index is 503. The second kappa shape index (κ2) is 6.00. The molecule has 94 valence electrons. The summed E-state index contributed by atoms with van der Waals surface area (Å²) in [6.07, 6.45) is 3.14. The summed E-state index contributed by atoms with van der Waals surface area (Å²) in [6.45, 7) is 2.10. The summed E-state index contributed by atoms with van der Waals surface area (Å²) in [5.41, 5.74) is 1.73. The Labute approximate surface area is 97.6 Å². The molecule has 1 rings (SSSR count). The van der Waals surface area contributed by atoms with E-state index in [4.69, 9.17) is 5.84 Å². The zero-order valence-corrected chi connectivity index (χ0v) is 9.66. The molecule has 0 aliphatic carbocycles. The van der Waals surface area contributed by atoms with E-state index in [2.05, 4.69) is 4.98 Å². The van der Waals surface area contributed by atoms with Crippen LogP contribution in [0.3, 0.4) is 0 Å². The van der Waals surface area contributed by atoms with Gasteiger partial charge in [-0.25, -0.2) is 10.6 Å². The van der Waals surface area contributed by atoms with Crippen molar-refractivity contribution in [2.45, 2.75) is 32.7 Å². The van der Waals surface area contributed by atoms with Gasteiger partial charge >= 0.3 is 5.69 Å². The van der Waals surface area contributed by atoms with Crippen molar-refractivity contribution in [1.29, 1.82) is 0 Å². The van der Waals surface area contributed by atoms with Crippen molar-refractivity contribution in [2.75, 3.05) is 0 Å². The van der Waals surface area contributed by atoms with Gasteiger partial charge in [-0.3, -0.25) is 20.0 Å². The van der Waals surface area contributed by atoms with Crippen molar-refractivity contribution in [3.8, 4) is 0 Å². The number of nitrogens with one attached hydrogen (secondary N) is 2. The zero-order chi connectivity index (χ0) is 12.8. The summed E-state index contributed by atoms with van der Waals surface area (Å²) in [5, 5.41) is 0. The van der Waals surface area contributed by atoms with E-state index in [1.165, 1.54) is 10.8 Å². The molecule has 0 atom stereocenters. The molecule has 7 nitrogen and oxygen atoms in total. The Hall–Kier alpha value is -1.89. The van der Waals surface area contributed by atoms with Gasteiger partial charge in [-0.15, -0.1) is 0 Å². The molecule has 4 N–H and O–H groups in total. The predicted molar refractivity (Wildman–Crippen MR) is 62.2 cm³/mol. The topological polar surface area (TPSA) is 110 Å². The van der Waals surface area contributed by atoms with Gasteiger partial charge in [0.1, 0.15) is 0 Å². The molecule has 0 aromatic carbocycles. The number of unbranched alkanes of at least 4 members (excludes halogenated alkanes) is 1. The first kappa shape index (κ1) is 13.2. The number of aromatic amines is 1. The lowest BCUT2D eigenvalue weighted by Gasteiger charge is -2.05. The highest BCUT2D eigenvalue weighted by Gasteiger charge is 2.02. The van der Waals surface area contributed by atoms with Crippen LogP contribution < -0.4 is 22.5 Å². The van der Waals surface area contributed by atoms with Crippen LogP contribution in [0.2, 0.25) is 0 Å². The maximum absolute atomic E-state index is 11.4. The molecule has 0 bridgehead atoms. The number of amides is 1. The molecule has 0 radical (unpaired) electrons. The van der Waals surface area contributed by atoms with Gasteiger partial charge in [0.25, 0.3) is 5.56 Å². The number of hydrazine groups is 1. The second-order valence-electron chi connectivity index (χ2n) is 3.79. The molecule has 0 spiro atoms. The average molecular weight is 240 g/mol. The van der Waals surface area contributed by atoms with Gasteiger partial charge in [-0.1, -0.05) is 0 Å². The Morgan fingerprint density at radius 2 is 2.18 bits per heavy atom. The van der Waals surface area contributed by atoms with Crippen LogP contribution in [-0.2, 0) is 11.3 Å². The van der Waals surface area contributed by atoms with E-state index in [1.807, 2.05) is 5.43 Å². The fourth-order valence-corrected chi connectivity index (χ4v) is 1.42. The van der Waals surface area contributed by atoms with Crippen molar-refractivity contribution in [1.82, 2.24) is 15.0 Å². The molecule has 7 heteroatoms. The van der Waals surface area contributed by atoms with E-state index < -0.39 is 5.69 Å². The van der Waals surface area contributed by atoms with Gasteiger partial charge in [-0.2, -0.15) is 0 Å². The molecule has 0 saturated heterocycles. The van der Waals surface area contributed by atoms with Gasteiger partial charge < -0.3 is 4.57 Å². The van der Waals surface area contributed by atoms with Gasteiger partial charge in [-0.05, 0) is 19.8 Å². The maximum atomic E-state index is 11.4. The molecule has 1 amide bonds. The Balaban J connectivity index is 2.53. The predicted octanol–water partition coefficient (Wildman–Crippen LogP) is -0.995. The molecule has 1 aromatic heterocycles. The van der Waals surface area contributed by atoms with Crippen molar-refractivity contribution < 1.29 is 4.79 Å². The number of hydrogen-bond donors (Lipinski definition) is 3. The molecule has 0 aliphatic heterocycles. The van der Waals surface area contributed by atoms with Gasteiger partial charge in [0, 0.05) is 24.7 Å². The number of rotatable bonds is 5. The molecule has 1 heterocycles. The highest BCUT2D eigenvalue weighted by atomic mass is 16.2. The molecule has 1 aromatic rings. The summed E-state index contributed by atoms with van der Waals surface area (Å²) in [5.74, 6) is 4.70. The largest absolute Gasteiger partial charge is 0.328 e. The summed E-state index contributed by atoms with van der Waals surface area (Å²) >= 11 is 0. The lowest BCUT2D eigenvalue weighted by atomic mass is 10.2. The average Bonchev–Trinajstić information content (AvgIpc) is 2.30. The van der Waals surface area contributed by atoms with E-state index in [1.54, 1.807) is 6.92 Å². The van der Waals surface area contributed by atoms with Crippen LogP contribution in [0, 0.1) is 6.92 Å². The van der Waals surface area contributed by atoms with Crippen LogP contribution in [0.4, 0.5) is 0 Å². The molecule has 0 fully saturated rings. The molecular weight excluding hydrogens is 224 g/mol. The normalized spacial score (nSPS) is 10.2. The van der Waals surface area contributed by atoms with E-state index in [9.17, 15) is 14.4 Å². The highest BCUT2D eigenvalue weighted by Crippen LogP contribution is 1.97. The summed E-state index contributed by atoms with van der Waals surface area (Å²) in [4.78, 5) is 35.6. The van der Waals surface area contributed by atoms with E-state index >= 15 is 0 Å². The number of H-pyrrole nitrogens is 1. The van der Waals surface area contributed by atoms with Crippen LogP contribution in [0.15, 0.2) is 15.8 Å². The monoisotopic (exact) mass is 240 g/mol. The van der Waals surface area contributed by atoms with E-state index in [0.717, 1.165) is 0 Å². The van der Waals surface area contributed by atoms with Gasteiger partial charge in [0.05, 0.1) is 0 Å². The van der Waals surface area contributed by atoms with Crippen LogP contribution in [0.1, 0.15) is 24.8 Å². The quantitative estimate of drug-likeness (QED) is 0.265. The van der Waals surface area contributed by atoms with E-state index in [0.29, 0.717) is 31.4 Å². The fourth-order valence-electron chi connectivity index (χ4n) is 1.42. The van der Waals surface area contributed by atoms with Crippen molar-refractivity contribution >= 4 is 5.91 Å². The maximum Gasteiger partial charge on any atom is 0.328 e. The third-order valence-corrected chi connectivity index (χ3v) is 2.40. The second-order valence-corrected chi connectivity index (χ2v) is 3.79. The number of aromatic nitrogens is 2. The van der Waals surface area contributed by atoms with Gasteiger partial charge in [0.15, 0.2) is 0 Å². The van der Waals surface area contributed by atoms with E-state index in [-0.39, 0.29) is 11.5 Å². The summed E-state index contributed by atoms with van der Waals surface area (Å²) < 4.78 is 1.43. The fraction of sp³-hybridized carbons (Fsp3) is 0.500. The Morgan fingerprint density at radius 3 is 2.82 bits per heavy atom. The first-order valence-electron chi connectivity index (χ1n) is 5.34. The first-order valence-corrected chi connectivity index (χ1v) is 5.34. The highest BCUT2D eigenvalue weighted by molar-refractivity contribution is 5.74. The van der Waals surface area contributed by atoms with Crippen LogP contribution in [-0.4, -0.2) is 15.5 Å². The number of carbonyl (C=O) groups excluding carboxylic acids is 1. The molecule has 17 heavy (non-hydrogen) atoms. The van der Waals surface area contributed by atoms with Crippen LogP contribution in [0.5, 0.6) is 0 Å². The lowest BCUT2D eigenvalue weighted by molar-refractivity contribution is -0.121. The Morgan fingerprint density at radius 1 is 1.47 bits per heavy atom. The van der Waals surface area contributed by atoms with Gasteiger partial charge in [0.2, 0.25) is 5.91 Å². The minimum Gasteiger partial charge on any atom is -0.300 e. The molecule has 0 unspecified atom stereocenters. The molecule has 0 saturated carbocycles. The minimum atomic E-state index is -0.427. The number of aryl methyl sites for hydroxylation is 2. The molecule has 0 aliphatic rings. The molecular formula is C10H16N4O3. The zero-order valence-electron chi connectivity index (χ0n) is 9.66. The number of hydrogen-bond acceptors (Lipinski definition) is 4. The van der Waals surface area contributed by atoms with Crippen LogP contribution in [0.25, 0.3) is 0 Å².